The summed E-state index contributed by atoms with van der Waals surface area (Å²) in [7, 11) is -3.77. The van der Waals surface area contributed by atoms with E-state index >= 15 is 0 Å². The van der Waals surface area contributed by atoms with Crippen LogP contribution in [0, 0.1) is 5.92 Å². The first kappa shape index (κ1) is 18.4. The molecule has 3 rings (SSSR count). The predicted molar refractivity (Wildman–Crippen MR) is 104 cm³/mol. The van der Waals surface area contributed by atoms with Crippen molar-refractivity contribution in [2.75, 3.05) is 4.72 Å². The van der Waals surface area contributed by atoms with E-state index in [1.165, 1.54) is 23.5 Å². The zero-order chi connectivity index (χ0) is 18.2. The van der Waals surface area contributed by atoms with Crippen molar-refractivity contribution >= 4 is 48.2 Å². The van der Waals surface area contributed by atoms with Gasteiger partial charge < -0.3 is 5.73 Å². The van der Waals surface area contributed by atoms with Crippen molar-refractivity contribution in [1.82, 2.24) is 0 Å². The summed E-state index contributed by atoms with van der Waals surface area (Å²) in [6.45, 7) is 2.15. The van der Waals surface area contributed by atoms with Crippen LogP contribution in [0.25, 0.3) is 0 Å². The summed E-state index contributed by atoms with van der Waals surface area (Å²) in [6.07, 6.45) is 3.71. The second-order valence-electron chi connectivity index (χ2n) is 6.15. The van der Waals surface area contributed by atoms with Crippen LogP contribution in [0.5, 0.6) is 0 Å². The maximum atomic E-state index is 12.6. The van der Waals surface area contributed by atoms with E-state index in [4.69, 9.17) is 5.73 Å². The molecule has 0 saturated heterocycles. The molecule has 0 bridgehead atoms. The Morgan fingerprint density at radius 2 is 2.04 bits per heavy atom. The van der Waals surface area contributed by atoms with Gasteiger partial charge in [0.25, 0.3) is 15.9 Å². The highest BCUT2D eigenvalue weighted by Crippen LogP contribution is 2.41. The third kappa shape index (κ3) is 3.75. The van der Waals surface area contributed by atoms with Gasteiger partial charge in [0.15, 0.2) is 0 Å². The van der Waals surface area contributed by atoms with E-state index in [9.17, 15) is 13.2 Å². The fourth-order valence-corrected chi connectivity index (χ4v) is 6.07. The van der Waals surface area contributed by atoms with E-state index in [1.54, 1.807) is 12.1 Å². The van der Waals surface area contributed by atoms with Crippen LogP contribution < -0.4 is 10.5 Å². The fourth-order valence-electron chi connectivity index (χ4n) is 3.13. The largest absolute Gasteiger partial charge is 0.365 e. The number of amides is 1. The Labute approximate surface area is 159 Å². The van der Waals surface area contributed by atoms with Gasteiger partial charge in [-0.3, -0.25) is 9.52 Å². The molecule has 5 nitrogen and oxygen atoms in total. The van der Waals surface area contributed by atoms with E-state index in [0.717, 1.165) is 40.6 Å². The number of carbonyl (C=O) groups excluding carboxylic acids is 1. The number of nitrogens with two attached hydrogens (primary N) is 1. The molecule has 1 heterocycles. The SMILES string of the molecule is CCC1CCc2c(sc(NS(=O)(=O)c3ccc(Br)cc3)c2C(N)=O)C1. The number of fused-ring (bicyclic) bond motifs is 1. The quantitative estimate of drug-likeness (QED) is 0.734. The monoisotopic (exact) mass is 442 g/mol. The Hall–Kier alpha value is -1.38. The Morgan fingerprint density at radius 3 is 2.64 bits per heavy atom. The first-order valence-electron chi connectivity index (χ1n) is 8.04. The summed E-state index contributed by atoms with van der Waals surface area (Å²) >= 11 is 4.62. The lowest BCUT2D eigenvalue weighted by molar-refractivity contribution is 0.100. The predicted octanol–water partition coefficient (Wildman–Crippen LogP) is 3.93. The van der Waals surface area contributed by atoms with Crippen molar-refractivity contribution < 1.29 is 13.2 Å². The van der Waals surface area contributed by atoms with Crippen molar-refractivity contribution in [2.24, 2.45) is 11.7 Å². The number of rotatable bonds is 5. The number of sulfonamides is 1. The first-order chi connectivity index (χ1) is 11.8. The van der Waals surface area contributed by atoms with Crippen molar-refractivity contribution in [3.63, 3.8) is 0 Å². The smallest absolute Gasteiger partial charge is 0.262 e. The molecule has 134 valence electrons. The zero-order valence-electron chi connectivity index (χ0n) is 13.7. The number of thiophene rings is 1. The standard InChI is InChI=1S/C17H19BrN2O3S2/c1-2-10-3-8-13-14(9-10)24-17(15(13)16(19)21)20-25(22,23)12-6-4-11(18)5-7-12/h4-7,10,20H,2-3,8-9H2,1H3,(H2,19,21). The van der Waals surface area contributed by atoms with Gasteiger partial charge in [0.2, 0.25) is 0 Å². The minimum atomic E-state index is -3.77. The van der Waals surface area contributed by atoms with Crippen LogP contribution in [0.1, 0.15) is 40.6 Å². The highest BCUT2D eigenvalue weighted by atomic mass is 79.9. The second-order valence-corrected chi connectivity index (χ2v) is 9.85. The van der Waals surface area contributed by atoms with Crippen LogP contribution in [-0.4, -0.2) is 14.3 Å². The molecule has 0 fully saturated rings. The molecule has 25 heavy (non-hydrogen) atoms. The lowest BCUT2D eigenvalue weighted by Crippen LogP contribution is -2.20. The van der Waals surface area contributed by atoms with Crippen LogP contribution in [0.4, 0.5) is 5.00 Å². The molecule has 1 unspecified atom stereocenters. The van der Waals surface area contributed by atoms with Crippen LogP contribution in [-0.2, 0) is 22.9 Å². The number of nitrogens with one attached hydrogen (secondary N) is 1. The van der Waals surface area contributed by atoms with E-state index in [2.05, 4.69) is 27.6 Å². The maximum Gasteiger partial charge on any atom is 0.262 e. The molecule has 1 aromatic carbocycles. The number of anilines is 1. The van der Waals surface area contributed by atoms with Gasteiger partial charge in [0.1, 0.15) is 5.00 Å². The molecule has 2 aromatic rings. The molecule has 1 aliphatic carbocycles. The number of hydrogen-bond donors (Lipinski definition) is 2. The minimum absolute atomic E-state index is 0.143. The van der Waals surface area contributed by atoms with E-state index in [1.807, 2.05) is 0 Å². The fraction of sp³-hybridized carbons (Fsp3) is 0.353. The Balaban J connectivity index is 1.98. The highest BCUT2D eigenvalue weighted by molar-refractivity contribution is 9.10. The van der Waals surface area contributed by atoms with Gasteiger partial charge in [-0.05, 0) is 55.0 Å². The molecule has 8 heteroatoms. The van der Waals surface area contributed by atoms with Crippen molar-refractivity contribution in [2.45, 2.75) is 37.5 Å². The third-order valence-corrected chi connectivity index (χ3v) is 7.74. The molecule has 3 N–H and O–H groups in total. The van der Waals surface area contributed by atoms with E-state index in [0.29, 0.717) is 16.5 Å². The molecule has 1 amide bonds. The van der Waals surface area contributed by atoms with Crippen molar-refractivity contribution in [1.29, 1.82) is 0 Å². The molecule has 1 aliphatic rings. The van der Waals surface area contributed by atoms with E-state index in [-0.39, 0.29) is 4.90 Å². The van der Waals surface area contributed by atoms with Crippen molar-refractivity contribution in [3.8, 4) is 0 Å². The lowest BCUT2D eigenvalue weighted by Gasteiger charge is -2.20. The van der Waals surface area contributed by atoms with Gasteiger partial charge in [0, 0.05) is 9.35 Å². The average Bonchev–Trinajstić information content (AvgIpc) is 2.91. The Morgan fingerprint density at radius 1 is 1.36 bits per heavy atom. The molecular weight excluding hydrogens is 424 g/mol. The van der Waals surface area contributed by atoms with Crippen LogP contribution in [0.15, 0.2) is 33.6 Å². The summed E-state index contributed by atoms with van der Waals surface area (Å²) in [5, 5.41) is 0.331. The number of halogens is 1. The first-order valence-corrected chi connectivity index (χ1v) is 11.1. The van der Waals surface area contributed by atoms with Gasteiger partial charge in [-0.1, -0.05) is 29.3 Å². The van der Waals surface area contributed by atoms with Crippen molar-refractivity contribution in [3.05, 3.63) is 44.7 Å². The summed E-state index contributed by atoms with van der Waals surface area (Å²) in [5.74, 6) is -0.0104. The maximum absolute atomic E-state index is 12.6. The topological polar surface area (TPSA) is 89.3 Å². The van der Waals surface area contributed by atoms with Gasteiger partial charge in [-0.25, -0.2) is 8.42 Å². The average molecular weight is 443 g/mol. The number of primary amides is 1. The summed E-state index contributed by atoms with van der Waals surface area (Å²) < 4.78 is 28.7. The lowest BCUT2D eigenvalue weighted by atomic mass is 9.85. The molecule has 0 spiro atoms. The summed E-state index contributed by atoms with van der Waals surface area (Å²) in [5.41, 5.74) is 6.80. The summed E-state index contributed by atoms with van der Waals surface area (Å²) in [6, 6.07) is 6.34. The number of hydrogen-bond acceptors (Lipinski definition) is 4. The summed E-state index contributed by atoms with van der Waals surface area (Å²) in [4.78, 5) is 13.2. The molecule has 0 radical (unpaired) electrons. The molecule has 0 saturated carbocycles. The molecule has 1 atom stereocenters. The molecular formula is C17H19BrN2O3S2. The van der Waals surface area contributed by atoms with Gasteiger partial charge >= 0.3 is 0 Å². The highest BCUT2D eigenvalue weighted by Gasteiger charge is 2.29. The normalized spacial score (nSPS) is 17.1. The minimum Gasteiger partial charge on any atom is -0.365 e. The second kappa shape index (κ2) is 7.09. The van der Waals surface area contributed by atoms with Crippen LogP contribution in [0.2, 0.25) is 0 Å². The third-order valence-electron chi connectivity index (χ3n) is 4.54. The van der Waals surface area contributed by atoms with Gasteiger partial charge in [-0.2, -0.15) is 0 Å². The molecule has 0 aliphatic heterocycles. The van der Waals surface area contributed by atoms with Gasteiger partial charge in [0.05, 0.1) is 10.5 Å². The van der Waals surface area contributed by atoms with Crippen LogP contribution >= 0.6 is 27.3 Å². The number of benzene rings is 1. The van der Waals surface area contributed by atoms with Gasteiger partial charge in [-0.15, -0.1) is 11.3 Å². The Kier molecular flexibility index (Phi) is 5.22. The zero-order valence-corrected chi connectivity index (χ0v) is 16.9. The Bertz CT molecular complexity index is 905. The number of carbonyl (C=O) groups is 1. The van der Waals surface area contributed by atoms with Crippen LogP contribution in [0.3, 0.4) is 0 Å². The van der Waals surface area contributed by atoms with E-state index < -0.39 is 15.9 Å². The molecule has 1 aromatic heterocycles.